The average Bonchev–Trinajstić information content (AvgIpc) is 3.11. The monoisotopic (exact) mass is 696 g/mol. The lowest BCUT2D eigenvalue weighted by Gasteiger charge is -2.27. The zero-order chi connectivity index (χ0) is 36.0. The maximum Gasteiger partial charge on any atom is 0.249 e. The van der Waals surface area contributed by atoms with Gasteiger partial charge in [-0.25, -0.2) is 0 Å². The van der Waals surface area contributed by atoms with Gasteiger partial charge in [-0.05, 0) is 38.5 Å². The predicted molar refractivity (Wildman–Crippen MR) is 210 cm³/mol. The highest BCUT2D eigenvalue weighted by atomic mass is 16.3. The smallest absolute Gasteiger partial charge is 0.249 e. The first-order valence-corrected chi connectivity index (χ1v) is 21.6. The van der Waals surface area contributed by atoms with E-state index in [-0.39, 0.29) is 0 Å². The normalized spacial score (nSPS) is 14.3. The van der Waals surface area contributed by atoms with Gasteiger partial charge in [0.15, 0.2) is 0 Å². The van der Waals surface area contributed by atoms with Crippen molar-refractivity contribution in [2.45, 2.75) is 250 Å². The van der Waals surface area contributed by atoms with Crippen molar-refractivity contribution in [1.29, 1.82) is 0 Å². The molecule has 1 amide bonds. The Morgan fingerprint density at radius 2 is 0.816 bits per heavy atom. The largest absolute Gasteiger partial charge is 0.394 e. The summed E-state index contributed by atoms with van der Waals surface area (Å²) < 4.78 is 0. The quantitative estimate of drug-likeness (QED) is 0.0325. The van der Waals surface area contributed by atoms with E-state index >= 15 is 0 Å². The highest BCUT2D eigenvalue weighted by Gasteiger charge is 2.28. The summed E-state index contributed by atoms with van der Waals surface area (Å²) in [6.07, 6.45) is 40.9. The Bertz CT molecular complexity index is 702. The van der Waals surface area contributed by atoms with Crippen molar-refractivity contribution in [1.82, 2.24) is 5.32 Å². The number of aliphatic hydroxyl groups is 4. The molecule has 0 aromatic carbocycles. The van der Waals surface area contributed by atoms with Crippen LogP contribution in [0.2, 0.25) is 0 Å². The molecule has 0 spiro atoms. The Balaban J connectivity index is 3.74. The number of aliphatic hydroxyl groups excluding tert-OH is 4. The third-order valence-corrected chi connectivity index (χ3v) is 10.2. The molecule has 0 aliphatic carbocycles. The standard InChI is InChI=1S/C43H85NO5/c1-3-5-7-9-11-13-15-17-19-21-23-24-26-28-30-32-34-36-40(46)42(48)39(38-45)44-43(49)41(47)37-35-33-31-29-27-25-22-20-18-16-14-12-10-8-6-4-2/h18,20,39-42,45-48H,3-17,19,21-38H2,1-2H3,(H,44,49)/b20-18-. The van der Waals surface area contributed by atoms with Gasteiger partial charge in [0, 0.05) is 0 Å². The van der Waals surface area contributed by atoms with E-state index in [4.69, 9.17) is 0 Å². The molecule has 0 aromatic heterocycles. The molecule has 0 saturated heterocycles. The van der Waals surface area contributed by atoms with E-state index in [1.165, 1.54) is 154 Å². The second-order valence-electron chi connectivity index (χ2n) is 15.0. The van der Waals surface area contributed by atoms with Crippen LogP contribution in [0.25, 0.3) is 0 Å². The van der Waals surface area contributed by atoms with Crippen molar-refractivity contribution in [2.75, 3.05) is 6.61 Å². The molecule has 0 heterocycles. The van der Waals surface area contributed by atoms with Gasteiger partial charge in [-0.1, -0.05) is 199 Å². The van der Waals surface area contributed by atoms with Crippen LogP contribution in [0, 0.1) is 0 Å². The molecule has 5 N–H and O–H groups in total. The Morgan fingerprint density at radius 3 is 1.18 bits per heavy atom. The zero-order valence-corrected chi connectivity index (χ0v) is 32.7. The van der Waals surface area contributed by atoms with E-state index in [1.807, 2.05) is 0 Å². The first kappa shape index (κ1) is 48.0. The molecule has 292 valence electrons. The van der Waals surface area contributed by atoms with Crippen LogP contribution in [0.3, 0.4) is 0 Å². The molecule has 0 radical (unpaired) electrons. The van der Waals surface area contributed by atoms with Crippen LogP contribution in [0.5, 0.6) is 0 Å². The van der Waals surface area contributed by atoms with Gasteiger partial charge in [0.1, 0.15) is 12.2 Å². The molecule has 0 rings (SSSR count). The summed E-state index contributed by atoms with van der Waals surface area (Å²) in [5.41, 5.74) is 0. The minimum absolute atomic E-state index is 0.364. The summed E-state index contributed by atoms with van der Waals surface area (Å²) in [5.74, 6) is -0.587. The van der Waals surface area contributed by atoms with Crippen molar-refractivity contribution in [3.8, 4) is 0 Å². The fraction of sp³-hybridized carbons (Fsp3) is 0.930. The molecular formula is C43H85NO5. The molecular weight excluding hydrogens is 610 g/mol. The van der Waals surface area contributed by atoms with Crippen LogP contribution < -0.4 is 5.32 Å². The van der Waals surface area contributed by atoms with Gasteiger partial charge in [0.2, 0.25) is 5.91 Å². The summed E-state index contributed by atoms with van der Waals surface area (Å²) >= 11 is 0. The number of nitrogens with one attached hydrogen (secondary N) is 1. The van der Waals surface area contributed by atoms with E-state index in [0.717, 1.165) is 44.9 Å². The molecule has 0 aliphatic rings. The van der Waals surface area contributed by atoms with E-state index in [1.54, 1.807) is 0 Å². The number of carbonyl (C=O) groups is 1. The number of amides is 1. The Hall–Kier alpha value is -0.950. The topological polar surface area (TPSA) is 110 Å². The predicted octanol–water partition coefficient (Wildman–Crippen LogP) is 11.0. The van der Waals surface area contributed by atoms with Gasteiger partial charge in [-0.2, -0.15) is 0 Å². The Morgan fingerprint density at radius 1 is 0.490 bits per heavy atom. The number of unbranched alkanes of at least 4 members (excludes halogenated alkanes) is 28. The number of carbonyl (C=O) groups excluding carboxylic acids is 1. The molecule has 0 bridgehead atoms. The molecule has 49 heavy (non-hydrogen) atoms. The first-order valence-electron chi connectivity index (χ1n) is 21.6. The molecule has 0 aromatic rings. The minimum atomic E-state index is -1.26. The van der Waals surface area contributed by atoms with Gasteiger partial charge in [0.05, 0.1) is 18.8 Å². The van der Waals surface area contributed by atoms with Crippen molar-refractivity contribution in [3.63, 3.8) is 0 Å². The lowest BCUT2D eigenvalue weighted by atomic mass is 9.99. The van der Waals surface area contributed by atoms with Crippen molar-refractivity contribution >= 4 is 5.91 Å². The summed E-state index contributed by atoms with van der Waals surface area (Å²) in [7, 11) is 0. The molecule has 4 atom stereocenters. The summed E-state index contributed by atoms with van der Waals surface area (Å²) in [5, 5.41) is 43.7. The number of rotatable bonds is 39. The van der Waals surface area contributed by atoms with Crippen LogP contribution in [-0.2, 0) is 4.79 Å². The van der Waals surface area contributed by atoms with Crippen molar-refractivity contribution in [3.05, 3.63) is 12.2 Å². The fourth-order valence-corrected chi connectivity index (χ4v) is 6.75. The summed E-state index contributed by atoms with van der Waals surface area (Å²) in [4.78, 5) is 12.5. The van der Waals surface area contributed by atoms with E-state index in [0.29, 0.717) is 12.8 Å². The van der Waals surface area contributed by atoms with Crippen LogP contribution in [-0.4, -0.2) is 57.3 Å². The van der Waals surface area contributed by atoms with Gasteiger partial charge in [-0.15, -0.1) is 0 Å². The summed E-state index contributed by atoms with van der Waals surface area (Å²) in [6, 6.07) is -0.984. The van der Waals surface area contributed by atoms with Crippen molar-refractivity contribution in [2.24, 2.45) is 0 Å². The third-order valence-electron chi connectivity index (χ3n) is 10.2. The lowest BCUT2D eigenvalue weighted by molar-refractivity contribution is -0.132. The highest BCUT2D eigenvalue weighted by Crippen LogP contribution is 2.16. The van der Waals surface area contributed by atoms with Crippen LogP contribution >= 0.6 is 0 Å². The van der Waals surface area contributed by atoms with E-state index in [2.05, 4.69) is 31.3 Å². The van der Waals surface area contributed by atoms with E-state index in [9.17, 15) is 25.2 Å². The zero-order valence-electron chi connectivity index (χ0n) is 32.7. The molecule has 0 fully saturated rings. The molecule has 0 saturated carbocycles. The maximum absolute atomic E-state index is 12.5. The average molecular weight is 696 g/mol. The second-order valence-corrected chi connectivity index (χ2v) is 15.0. The number of allylic oxidation sites excluding steroid dienone is 2. The van der Waals surface area contributed by atoms with Gasteiger partial charge >= 0.3 is 0 Å². The maximum atomic E-state index is 12.5. The third kappa shape index (κ3) is 32.7. The SMILES string of the molecule is CCCCCCCC/C=C\CCCCCCCCC(O)C(=O)NC(CO)C(O)C(O)CCCCCCCCCCCCCCCCCCC. The minimum Gasteiger partial charge on any atom is -0.394 e. The molecule has 6 heteroatoms. The van der Waals surface area contributed by atoms with Crippen molar-refractivity contribution < 1.29 is 25.2 Å². The Labute approximate surface area is 304 Å². The first-order chi connectivity index (χ1) is 24.0. The summed E-state index contributed by atoms with van der Waals surface area (Å²) in [6.45, 7) is 4.05. The number of hydrogen-bond acceptors (Lipinski definition) is 5. The fourth-order valence-electron chi connectivity index (χ4n) is 6.75. The highest BCUT2D eigenvalue weighted by molar-refractivity contribution is 5.80. The molecule has 0 aliphatic heterocycles. The van der Waals surface area contributed by atoms with Crippen LogP contribution in [0.1, 0.15) is 226 Å². The molecule has 6 nitrogen and oxygen atoms in total. The van der Waals surface area contributed by atoms with E-state index < -0.39 is 36.9 Å². The van der Waals surface area contributed by atoms with Crippen LogP contribution in [0.15, 0.2) is 12.2 Å². The van der Waals surface area contributed by atoms with Crippen LogP contribution in [0.4, 0.5) is 0 Å². The van der Waals surface area contributed by atoms with Gasteiger partial charge in [0.25, 0.3) is 0 Å². The second kappa shape index (κ2) is 38.3. The number of hydrogen-bond donors (Lipinski definition) is 5. The Kier molecular flexibility index (Phi) is 37.5. The molecule has 4 unspecified atom stereocenters. The lowest BCUT2D eigenvalue weighted by Crippen LogP contribution is -2.53. The van der Waals surface area contributed by atoms with Gasteiger partial charge in [-0.3, -0.25) is 4.79 Å². The van der Waals surface area contributed by atoms with Gasteiger partial charge < -0.3 is 25.7 Å².